The zero-order valence-corrected chi connectivity index (χ0v) is 30.6. The van der Waals surface area contributed by atoms with E-state index in [1.165, 1.54) is 16.5 Å². The lowest BCUT2D eigenvalue weighted by Gasteiger charge is -2.29. The van der Waals surface area contributed by atoms with Crippen LogP contribution >= 0.6 is 0 Å². The summed E-state index contributed by atoms with van der Waals surface area (Å²) in [5.41, 5.74) is 2.93. The lowest BCUT2D eigenvalue weighted by atomic mass is 10.0. The fraction of sp³-hybridized carbons (Fsp3) is 0.357. The number of hydrogen-bond donors (Lipinski definition) is 4. The number of carbonyl (C=O) groups is 4. The fourth-order valence-corrected chi connectivity index (χ4v) is 7.73. The van der Waals surface area contributed by atoms with Gasteiger partial charge in [-0.25, -0.2) is 14.6 Å². The smallest absolute Gasteiger partial charge is 0.330 e. The Hall–Kier alpha value is -5.91. The van der Waals surface area contributed by atoms with Crippen LogP contribution in [0.1, 0.15) is 50.3 Å². The number of likely N-dealkylation sites (tertiary alicyclic amines) is 1. The summed E-state index contributed by atoms with van der Waals surface area (Å²) < 4.78 is 12.1. The van der Waals surface area contributed by atoms with Crippen LogP contribution in [-0.4, -0.2) is 76.2 Å². The topological polar surface area (TPSA) is 159 Å². The van der Waals surface area contributed by atoms with Gasteiger partial charge in [0.1, 0.15) is 35.2 Å². The number of hydrogen-bond acceptors (Lipinski definition) is 7. The molecule has 12 heteroatoms. The summed E-state index contributed by atoms with van der Waals surface area (Å²) in [5.74, 6) is -1.71. The van der Waals surface area contributed by atoms with Gasteiger partial charge < -0.3 is 35.4 Å². The number of carboxylic acid groups (broad SMARTS) is 1. The molecule has 1 saturated carbocycles. The number of nitrogens with one attached hydrogen (secondary N) is 3. The molecule has 0 bridgehead atoms. The number of aromatic nitrogens is 1. The molecular formula is C42H45N5O7. The standard InChI is InChI=1S/C42H45N5O7/c1-5-27-22-42(27,40(50)51)46-38(48)35-20-29(54-36-21-33(26-12-7-6-8-13-26)43-34-19-28(53-4)16-17-31(34)36)23-47(35)41(52)45-37(24(2)3)39(49)44-32-18-15-25-11-9-10-14-30(25)32/h5-14,16-17,19,21,24,27,29,32,35,37H,1,15,18,20,22-23H2,2-4H3,(H,44,49)(H,45,52)(H,46,48)(H,50,51)/t27-,29?,32+,35+,37+,42-/m1/s1. The van der Waals surface area contributed by atoms with Crippen molar-refractivity contribution in [1.82, 2.24) is 25.8 Å². The fourth-order valence-electron chi connectivity index (χ4n) is 7.73. The molecule has 4 amide bonds. The predicted octanol–water partition coefficient (Wildman–Crippen LogP) is 5.42. The Morgan fingerprint density at radius 3 is 2.50 bits per heavy atom. The molecule has 12 nitrogen and oxygen atoms in total. The van der Waals surface area contributed by atoms with Crippen LogP contribution in [-0.2, 0) is 20.8 Å². The van der Waals surface area contributed by atoms with Crippen LogP contribution < -0.4 is 25.4 Å². The number of ether oxygens (including phenoxy) is 2. The van der Waals surface area contributed by atoms with Gasteiger partial charge in [0.15, 0.2) is 0 Å². The minimum absolute atomic E-state index is 0.00203. The maximum absolute atomic E-state index is 14.2. The molecule has 2 fully saturated rings. The molecule has 4 aromatic rings. The molecule has 54 heavy (non-hydrogen) atoms. The Morgan fingerprint density at radius 2 is 1.80 bits per heavy atom. The van der Waals surface area contributed by atoms with Gasteiger partial charge in [-0.2, -0.15) is 0 Å². The van der Waals surface area contributed by atoms with E-state index >= 15 is 0 Å². The van der Waals surface area contributed by atoms with E-state index in [0.29, 0.717) is 28.1 Å². The maximum atomic E-state index is 14.2. The number of carboxylic acids is 1. The number of carbonyl (C=O) groups excluding carboxylic acids is 3. The van der Waals surface area contributed by atoms with Crippen molar-refractivity contribution in [3.8, 4) is 22.8 Å². The summed E-state index contributed by atoms with van der Waals surface area (Å²) in [6.07, 6.45) is 2.73. The van der Waals surface area contributed by atoms with E-state index in [2.05, 4.69) is 28.6 Å². The van der Waals surface area contributed by atoms with Crippen molar-refractivity contribution in [1.29, 1.82) is 0 Å². The van der Waals surface area contributed by atoms with E-state index in [9.17, 15) is 24.3 Å². The summed E-state index contributed by atoms with van der Waals surface area (Å²) in [6.45, 7) is 7.42. The first-order chi connectivity index (χ1) is 26.0. The summed E-state index contributed by atoms with van der Waals surface area (Å²) in [7, 11) is 1.58. The molecule has 1 aliphatic heterocycles. The van der Waals surface area contributed by atoms with Crippen molar-refractivity contribution in [3.05, 3.63) is 103 Å². The molecule has 280 valence electrons. The molecule has 1 unspecified atom stereocenters. The van der Waals surface area contributed by atoms with Crippen LogP contribution in [0.5, 0.6) is 11.5 Å². The number of aliphatic carboxylic acids is 1. The largest absolute Gasteiger partial charge is 0.497 e. The van der Waals surface area contributed by atoms with Gasteiger partial charge in [-0.15, -0.1) is 6.58 Å². The molecule has 3 aromatic carbocycles. The van der Waals surface area contributed by atoms with Gasteiger partial charge >= 0.3 is 12.0 Å². The third-order valence-corrected chi connectivity index (χ3v) is 10.9. The molecule has 1 saturated heterocycles. The molecule has 0 spiro atoms. The quantitative estimate of drug-likeness (QED) is 0.141. The number of methoxy groups -OCH3 is 1. The van der Waals surface area contributed by atoms with Crippen molar-refractivity contribution in [3.63, 3.8) is 0 Å². The third kappa shape index (κ3) is 7.07. The summed E-state index contributed by atoms with van der Waals surface area (Å²) in [6, 6.07) is 22.2. The third-order valence-electron chi connectivity index (χ3n) is 10.9. The van der Waals surface area contributed by atoms with Gasteiger partial charge in [0, 0.05) is 35.4 Å². The highest BCUT2D eigenvalue weighted by Crippen LogP contribution is 2.45. The number of benzene rings is 3. The Labute approximate surface area is 313 Å². The number of pyridine rings is 1. The maximum Gasteiger partial charge on any atom is 0.330 e. The lowest BCUT2D eigenvalue weighted by Crippen LogP contribution is -2.58. The number of aryl methyl sites for hydroxylation is 1. The zero-order valence-electron chi connectivity index (χ0n) is 30.6. The second-order valence-corrected chi connectivity index (χ2v) is 14.7. The van der Waals surface area contributed by atoms with Crippen molar-refractivity contribution in [2.24, 2.45) is 11.8 Å². The summed E-state index contributed by atoms with van der Waals surface area (Å²) >= 11 is 0. The molecule has 2 heterocycles. The first-order valence-corrected chi connectivity index (χ1v) is 18.4. The average Bonchev–Trinajstić information content (AvgIpc) is 3.50. The zero-order chi connectivity index (χ0) is 38.1. The van der Waals surface area contributed by atoms with Crippen LogP contribution in [0.15, 0.2) is 91.5 Å². The van der Waals surface area contributed by atoms with Gasteiger partial charge in [0.25, 0.3) is 0 Å². The molecule has 7 rings (SSSR count). The summed E-state index contributed by atoms with van der Waals surface area (Å²) in [5, 5.41) is 19.5. The normalized spacial score (nSPS) is 23.3. The molecule has 2 aliphatic carbocycles. The first-order valence-electron chi connectivity index (χ1n) is 18.4. The lowest BCUT2D eigenvalue weighted by molar-refractivity contribution is -0.144. The van der Waals surface area contributed by atoms with Crippen LogP contribution in [0.2, 0.25) is 0 Å². The van der Waals surface area contributed by atoms with Crippen LogP contribution in [0.4, 0.5) is 4.79 Å². The highest BCUT2D eigenvalue weighted by Gasteiger charge is 2.61. The van der Waals surface area contributed by atoms with Gasteiger partial charge in [0.2, 0.25) is 11.8 Å². The van der Waals surface area contributed by atoms with Crippen LogP contribution in [0.25, 0.3) is 22.2 Å². The number of amides is 4. The molecule has 6 atom stereocenters. The number of urea groups is 1. The molecule has 1 aromatic heterocycles. The number of fused-ring (bicyclic) bond motifs is 2. The van der Waals surface area contributed by atoms with Gasteiger partial charge in [-0.05, 0) is 48.4 Å². The second-order valence-electron chi connectivity index (χ2n) is 14.7. The molecule has 4 N–H and O–H groups in total. The molecule has 0 radical (unpaired) electrons. The Bertz CT molecular complexity index is 2110. The van der Waals surface area contributed by atoms with E-state index in [4.69, 9.17) is 14.5 Å². The highest BCUT2D eigenvalue weighted by atomic mass is 16.5. The SMILES string of the molecule is C=C[C@@H]1C[C@]1(NC(=O)[C@@H]1CC(Oc2cc(-c3ccccc3)nc3cc(OC)ccc23)CN1C(=O)N[C@H](C(=O)N[C@H]1CCc2ccccc21)C(C)C)C(=O)O. The Kier molecular flexibility index (Phi) is 10.0. The predicted molar refractivity (Wildman–Crippen MR) is 203 cm³/mol. The van der Waals surface area contributed by atoms with Gasteiger partial charge in [-0.3, -0.25) is 9.59 Å². The van der Waals surface area contributed by atoms with Crippen molar-refractivity contribution in [2.45, 2.75) is 69.3 Å². The highest BCUT2D eigenvalue weighted by molar-refractivity contribution is 5.95. The monoisotopic (exact) mass is 731 g/mol. The Morgan fingerprint density at radius 1 is 1.04 bits per heavy atom. The minimum Gasteiger partial charge on any atom is -0.497 e. The van der Waals surface area contributed by atoms with Crippen LogP contribution in [0.3, 0.4) is 0 Å². The number of rotatable bonds is 12. The first kappa shape index (κ1) is 36.4. The van der Waals surface area contributed by atoms with Gasteiger partial charge in [-0.1, -0.05) is 74.5 Å². The second kappa shape index (κ2) is 14.8. The van der Waals surface area contributed by atoms with Crippen LogP contribution in [0, 0.1) is 11.8 Å². The minimum atomic E-state index is -1.50. The number of nitrogens with zero attached hydrogens (tertiary/aromatic N) is 2. The molecule has 3 aliphatic rings. The van der Waals surface area contributed by atoms with E-state index < -0.39 is 47.6 Å². The van der Waals surface area contributed by atoms with E-state index in [0.717, 1.165) is 24.0 Å². The molecular weight excluding hydrogens is 686 g/mol. The van der Waals surface area contributed by atoms with Crippen molar-refractivity contribution in [2.75, 3.05) is 13.7 Å². The van der Waals surface area contributed by atoms with Crippen molar-refractivity contribution >= 4 is 34.7 Å². The Balaban J connectivity index is 1.16. The summed E-state index contributed by atoms with van der Waals surface area (Å²) in [4.78, 5) is 60.5. The average molecular weight is 732 g/mol. The van der Waals surface area contributed by atoms with E-state index in [1.54, 1.807) is 7.11 Å². The van der Waals surface area contributed by atoms with Gasteiger partial charge in [0.05, 0.1) is 30.9 Å². The van der Waals surface area contributed by atoms with E-state index in [-0.39, 0.29) is 37.3 Å². The van der Waals surface area contributed by atoms with E-state index in [1.807, 2.05) is 86.6 Å². The van der Waals surface area contributed by atoms with Crippen molar-refractivity contribution < 1.29 is 33.8 Å².